The van der Waals surface area contributed by atoms with Gasteiger partial charge in [-0.3, -0.25) is 9.79 Å². The van der Waals surface area contributed by atoms with Crippen LogP contribution in [0.4, 0.5) is 5.82 Å². The maximum atomic E-state index is 11.7. The van der Waals surface area contributed by atoms with E-state index in [1.807, 2.05) is 19.3 Å². The van der Waals surface area contributed by atoms with Crippen molar-refractivity contribution in [3.05, 3.63) is 23.9 Å². The number of hydrogen-bond acceptors (Lipinski definition) is 4. The lowest BCUT2D eigenvalue weighted by Gasteiger charge is -2.33. The standard InChI is InChI=1S/C22H34N6O.HI/c1-24-22(28-13-17-6-2-3-7-18(17)14-28)26-12-16-8-4-10-25-21(16)27-11-5-9-19(15-27)20(23)29;/h4,8,10,17-19H,2-3,5-7,9,11-15H2,1H3,(H2,23,29)(H,24,26);1H. The van der Waals surface area contributed by atoms with Crippen LogP contribution in [0.3, 0.4) is 0 Å². The van der Waals surface area contributed by atoms with E-state index in [0.717, 1.165) is 61.7 Å². The normalized spacial score (nSPS) is 26.7. The van der Waals surface area contributed by atoms with Gasteiger partial charge in [0.1, 0.15) is 5.82 Å². The maximum Gasteiger partial charge on any atom is 0.222 e. The SMILES string of the molecule is CN=C(NCc1cccnc1N1CCCC(C(N)=O)C1)N1CC2CCCCC2C1.I. The third-order valence-electron chi connectivity index (χ3n) is 6.92. The quantitative estimate of drug-likeness (QED) is 0.358. The molecular weight excluding hydrogens is 491 g/mol. The summed E-state index contributed by atoms with van der Waals surface area (Å²) in [5.74, 6) is 3.30. The molecule has 30 heavy (non-hydrogen) atoms. The Bertz CT molecular complexity index is 743. The third-order valence-corrected chi connectivity index (χ3v) is 6.92. The summed E-state index contributed by atoms with van der Waals surface area (Å²) < 4.78 is 0. The molecule has 7 nitrogen and oxygen atoms in total. The van der Waals surface area contributed by atoms with E-state index >= 15 is 0 Å². The number of amides is 1. The van der Waals surface area contributed by atoms with Crippen molar-refractivity contribution in [1.29, 1.82) is 0 Å². The maximum absolute atomic E-state index is 11.7. The number of rotatable bonds is 4. The van der Waals surface area contributed by atoms with E-state index in [9.17, 15) is 4.79 Å². The Hall–Kier alpha value is -1.58. The number of nitrogens with zero attached hydrogens (tertiary/aromatic N) is 4. The number of anilines is 1. The zero-order valence-electron chi connectivity index (χ0n) is 17.9. The third kappa shape index (κ3) is 5.18. The van der Waals surface area contributed by atoms with Gasteiger partial charge in [-0.25, -0.2) is 4.98 Å². The average molecular weight is 526 g/mol. The van der Waals surface area contributed by atoms with Crippen molar-refractivity contribution in [2.75, 3.05) is 38.1 Å². The number of carbonyl (C=O) groups is 1. The van der Waals surface area contributed by atoms with Gasteiger partial charge < -0.3 is 20.9 Å². The molecule has 3 N–H and O–H groups in total. The Labute approximate surface area is 196 Å². The number of fused-ring (bicyclic) bond motifs is 1. The van der Waals surface area contributed by atoms with Crippen molar-refractivity contribution in [3.63, 3.8) is 0 Å². The lowest BCUT2D eigenvalue weighted by Crippen LogP contribution is -2.43. The molecule has 1 aromatic rings. The molecular formula is C22H35IN6O. The molecule has 1 saturated carbocycles. The van der Waals surface area contributed by atoms with Crippen molar-refractivity contribution in [3.8, 4) is 0 Å². The highest BCUT2D eigenvalue weighted by atomic mass is 127. The molecule has 0 bridgehead atoms. The second-order valence-corrected chi connectivity index (χ2v) is 8.78. The van der Waals surface area contributed by atoms with Gasteiger partial charge in [0.25, 0.3) is 0 Å². The first kappa shape index (κ1) is 23.1. The zero-order chi connectivity index (χ0) is 20.2. The lowest BCUT2D eigenvalue weighted by atomic mass is 9.82. The van der Waals surface area contributed by atoms with Crippen LogP contribution < -0.4 is 16.0 Å². The molecule has 166 valence electrons. The summed E-state index contributed by atoms with van der Waals surface area (Å²) in [7, 11) is 1.87. The van der Waals surface area contributed by atoms with Gasteiger partial charge >= 0.3 is 0 Å². The van der Waals surface area contributed by atoms with Gasteiger partial charge in [-0.2, -0.15) is 0 Å². The first-order valence-electron chi connectivity index (χ1n) is 11.1. The van der Waals surface area contributed by atoms with Crippen molar-refractivity contribution in [2.45, 2.75) is 45.1 Å². The lowest BCUT2D eigenvalue weighted by molar-refractivity contribution is -0.122. The average Bonchev–Trinajstić information content (AvgIpc) is 3.18. The van der Waals surface area contributed by atoms with Crippen molar-refractivity contribution in [1.82, 2.24) is 15.2 Å². The van der Waals surface area contributed by atoms with Crippen LogP contribution in [0, 0.1) is 17.8 Å². The van der Waals surface area contributed by atoms with Gasteiger partial charge in [0.2, 0.25) is 5.91 Å². The molecule has 2 saturated heterocycles. The molecule has 2 aliphatic heterocycles. The Morgan fingerprint density at radius 2 is 1.93 bits per heavy atom. The van der Waals surface area contributed by atoms with Crippen molar-refractivity contribution < 1.29 is 4.79 Å². The number of guanidine groups is 1. The largest absolute Gasteiger partial charge is 0.369 e. The second-order valence-electron chi connectivity index (χ2n) is 8.78. The Balaban J connectivity index is 0.00000256. The van der Waals surface area contributed by atoms with Gasteiger partial charge in [-0.05, 0) is 43.6 Å². The number of nitrogens with two attached hydrogens (primary N) is 1. The molecule has 4 rings (SSSR count). The van der Waals surface area contributed by atoms with Crippen LogP contribution in [-0.4, -0.2) is 55.0 Å². The molecule has 0 aromatic carbocycles. The van der Waals surface area contributed by atoms with E-state index in [-0.39, 0.29) is 35.8 Å². The van der Waals surface area contributed by atoms with E-state index in [1.54, 1.807) is 0 Å². The molecule has 8 heteroatoms. The van der Waals surface area contributed by atoms with Crippen LogP contribution in [-0.2, 0) is 11.3 Å². The summed E-state index contributed by atoms with van der Waals surface area (Å²) in [5.41, 5.74) is 6.70. The van der Waals surface area contributed by atoms with Crippen molar-refractivity contribution in [2.24, 2.45) is 28.5 Å². The summed E-state index contributed by atoms with van der Waals surface area (Å²) >= 11 is 0. The summed E-state index contributed by atoms with van der Waals surface area (Å²) in [6.07, 6.45) is 9.14. The molecule has 0 radical (unpaired) electrons. The second kappa shape index (κ2) is 10.6. The Kier molecular flexibility index (Phi) is 8.19. The predicted molar refractivity (Wildman–Crippen MR) is 131 cm³/mol. The minimum absolute atomic E-state index is 0. The predicted octanol–water partition coefficient (Wildman–Crippen LogP) is 2.60. The van der Waals surface area contributed by atoms with E-state index in [0.29, 0.717) is 13.1 Å². The van der Waals surface area contributed by atoms with Gasteiger partial charge in [-0.15, -0.1) is 24.0 Å². The number of pyridine rings is 1. The van der Waals surface area contributed by atoms with E-state index in [1.165, 1.54) is 25.7 Å². The van der Waals surface area contributed by atoms with Crippen molar-refractivity contribution >= 4 is 41.7 Å². The number of hydrogen-bond donors (Lipinski definition) is 2. The minimum Gasteiger partial charge on any atom is -0.369 e. The number of nitrogens with one attached hydrogen (secondary N) is 1. The monoisotopic (exact) mass is 526 g/mol. The first-order valence-corrected chi connectivity index (χ1v) is 11.1. The molecule has 3 fully saturated rings. The summed E-state index contributed by atoms with van der Waals surface area (Å²) in [6, 6.07) is 4.09. The highest BCUT2D eigenvalue weighted by Gasteiger charge is 2.35. The highest BCUT2D eigenvalue weighted by Crippen LogP contribution is 2.36. The molecule has 3 aliphatic rings. The van der Waals surface area contributed by atoms with Gasteiger partial charge in [0.05, 0.1) is 5.92 Å². The number of aromatic nitrogens is 1. The van der Waals surface area contributed by atoms with E-state index < -0.39 is 0 Å². The molecule has 1 amide bonds. The smallest absolute Gasteiger partial charge is 0.222 e. The Morgan fingerprint density at radius 1 is 1.20 bits per heavy atom. The van der Waals surface area contributed by atoms with Crippen LogP contribution in [0.15, 0.2) is 23.3 Å². The van der Waals surface area contributed by atoms with Crippen LogP contribution in [0.1, 0.15) is 44.1 Å². The minimum atomic E-state index is -0.207. The molecule has 3 atom stereocenters. The van der Waals surface area contributed by atoms with E-state index in [4.69, 9.17) is 5.73 Å². The summed E-state index contributed by atoms with van der Waals surface area (Å²) in [6.45, 7) is 4.49. The fourth-order valence-electron chi connectivity index (χ4n) is 5.34. The van der Waals surface area contributed by atoms with Gasteiger partial charge in [-0.1, -0.05) is 18.9 Å². The number of primary amides is 1. The number of likely N-dealkylation sites (tertiary alicyclic amines) is 1. The van der Waals surface area contributed by atoms with E-state index in [2.05, 4.69) is 31.2 Å². The van der Waals surface area contributed by atoms with Gasteiger partial charge in [0.15, 0.2) is 5.96 Å². The highest BCUT2D eigenvalue weighted by molar-refractivity contribution is 14.0. The van der Waals surface area contributed by atoms with Crippen LogP contribution >= 0.6 is 24.0 Å². The van der Waals surface area contributed by atoms with Gasteiger partial charge in [0, 0.05) is 51.5 Å². The van der Waals surface area contributed by atoms with Crippen LogP contribution in [0.5, 0.6) is 0 Å². The van der Waals surface area contributed by atoms with Crippen LogP contribution in [0.25, 0.3) is 0 Å². The Morgan fingerprint density at radius 3 is 2.60 bits per heavy atom. The number of piperidine rings is 1. The number of aliphatic imine (C=N–C) groups is 1. The molecule has 3 heterocycles. The summed E-state index contributed by atoms with van der Waals surface area (Å²) in [5, 5.41) is 3.57. The molecule has 1 aromatic heterocycles. The number of carbonyl (C=O) groups excluding carboxylic acids is 1. The number of halogens is 1. The molecule has 1 aliphatic carbocycles. The zero-order valence-corrected chi connectivity index (χ0v) is 20.3. The first-order chi connectivity index (χ1) is 14.2. The fraction of sp³-hybridized carbons (Fsp3) is 0.682. The topological polar surface area (TPSA) is 86.9 Å². The van der Waals surface area contributed by atoms with Crippen LogP contribution in [0.2, 0.25) is 0 Å². The molecule has 0 spiro atoms. The fourth-order valence-corrected chi connectivity index (χ4v) is 5.34. The molecule has 3 unspecified atom stereocenters. The summed E-state index contributed by atoms with van der Waals surface area (Å²) in [4.78, 5) is 25.5.